The first-order chi connectivity index (χ1) is 9.22. The van der Waals surface area contributed by atoms with Crippen molar-refractivity contribution in [1.29, 1.82) is 0 Å². The van der Waals surface area contributed by atoms with Gasteiger partial charge in [0.05, 0.1) is 6.10 Å². The lowest BCUT2D eigenvalue weighted by Crippen LogP contribution is -1.98. The molecule has 2 aromatic rings. The smallest absolute Gasteiger partial charge is 0.0807 e. The molecule has 0 saturated carbocycles. The van der Waals surface area contributed by atoms with Gasteiger partial charge in [-0.25, -0.2) is 0 Å². The third-order valence-electron chi connectivity index (χ3n) is 3.78. The highest BCUT2D eigenvalue weighted by molar-refractivity contribution is 6.30. The van der Waals surface area contributed by atoms with Crippen LogP contribution < -0.4 is 0 Å². The van der Waals surface area contributed by atoms with Crippen LogP contribution in [-0.4, -0.2) is 9.67 Å². The van der Waals surface area contributed by atoms with Crippen LogP contribution in [0.4, 0.5) is 0 Å². The van der Waals surface area contributed by atoms with Gasteiger partial charge in [-0.1, -0.05) is 30.2 Å². The van der Waals surface area contributed by atoms with E-state index in [2.05, 4.69) is 23.0 Å². The van der Waals surface area contributed by atoms with Gasteiger partial charge < -0.3 is 9.67 Å². The van der Waals surface area contributed by atoms with Crippen LogP contribution in [0.2, 0.25) is 5.02 Å². The number of fused-ring (bicyclic) bond motifs is 1. The van der Waals surface area contributed by atoms with E-state index >= 15 is 0 Å². The molecule has 0 spiro atoms. The molecule has 3 heteroatoms. The molecule has 0 saturated heterocycles. The van der Waals surface area contributed by atoms with Gasteiger partial charge in [-0.2, -0.15) is 0 Å². The van der Waals surface area contributed by atoms with Gasteiger partial charge in [-0.15, -0.1) is 0 Å². The molecular formula is C16H18ClNO. The van der Waals surface area contributed by atoms with Crippen molar-refractivity contribution in [3.63, 3.8) is 0 Å². The van der Waals surface area contributed by atoms with Crippen LogP contribution in [0.15, 0.2) is 36.7 Å². The summed E-state index contributed by atoms with van der Waals surface area (Å²) in [5, 5.41) is 10.9. The molecule has 100 valence electrons. The number of aromatic nitrogens is 1. The number of halogens is 1. The highest BCUT2D eigenvalue weighted by atomic mass is 35.5. The van der Waals surface area contributed by atoms with E-state index in [0.717, 1.165) is 36.4 Å². The second kappa shape index (κ2) is 5.40. The Bertz CT molecular complexity index is 576. The normalized spacial score (nSPS) is 18.9. The fourth-order valence-electron chi connectivity index (χ4n) is 2.83. The first-order valence-corrected chi connectivity index (χ1v) is 7.21. The lowest BCUT2D eigenvalue weighted by molar-refractivity contribution is 0.166. The number of aryl methyl sites for hydroxylation is 1. The van der Waals surface area contributed by atoms with Crippen LogP contribution in [0.25, 0.3) is 0 Å². The van der Waals surface area contributed by atoms with E-state index in [9.17, 15) is 5.11 Å². The van der Waals surface area contributed by atoms with Crippen molar-refractivity contribution in [2.45, 2.75) is 38.3 Å². The molecule has 1 N–H and O–H groups in total. The quantitative estimate of drug-likeness (QED) is 0.825. The lowest BCUT2D eigenvalue weighted by atomic mass is 10.1. The van der Waals surface area contributed by atoms with E-state index in [1.54, 1.807) is 0 Å². The van der Waals surface area contributed by atoms with E-state index in [1.165, 1.54) is 17.5 Å². The molecule has 19 heavy (non-hydrogen) atoms. The largest absolute Gasteiger partial charge is 0.388 e. The lowest BCUT2D eigenvalue weighted by Gasteiger charge is -2.07. The molecule has 1 aliphatic rings. The fourth-order valence-corrected chi connectivity index (χ4v) is 3.04. The molecule has 0 radical (unpaired) electrons. The summed E-state index contributed by atoms with van der Waals surface area (Å²) in [5.74, 6) is 0. The maximum absolute atomic E-state index is 10.1. The van der Waals surface area contributed by atoms with Crippen LogP contribution in [0.3, 0.4) is 0 Å². The molecule has 2 nitrogen and oxygen atoms in total. The maximum Gasteiger partial charge on any atom is 0.0807 e. The summed E-state index contributed by atoms with van der Waals surface area (Å²) < 4.78 is 2.16. The average Bonchev–Trinajstić information content (AvgIpc) is 2.70. The number of hydrogen-bond donors (Lipinski definition) is 1. The summed E-state index contributed by atoms with van der Waals surface area (Å²) in [6.45, 7) is 0.806. The van der Waals surface area contributed by atoms with Crippen molar-refractivity contribution in [2.75, 3.05) is 0 Å². The Hall–Kier alpha value is -1.25. The fraction of sp³-hybridized carbons (Fsp3) is 0.375. The Morgan fingerprint density at radius 1 is 1.26 bits per heavy atom. The highest BCUT2D eigenvalue weighted by Crippen LogP contribution is 2.29. The minimum atomic E-state index is -0.293. The Morgan fingerprint density at radius 2 is 2.16 bits per heavy atom. The van der Waals surface area contributed by atoms with E-state index in [4.69, 9.17) is 11.6 Å². The van der Waals surface area contributed by atoms with E-state index < -0.39 is 0 Å². The van der Waals surface area contributed by atoms with Crippen LogP contribution in [-0.2, 0) is 13.0 Å². The Labute approximate surface area is 118 Å². The zero-order chi connectivity index (χ0) is 13.2. The highest BCUT2D eigenvalue weighted by Gasteiger charge is 2.18. The second-order valence-electron chi connectivity index (χ2n) is 5.30. The summed E-state index contributed by atoms with van der Waals surface area (Å²) >= 11 is 6.01. The number of nitrogens with zero attached hydrogens (tertiary/aromatic N) is 1. The van der Waals surface area contributed by atoms with Gasteiger partial charge in [0.25, 0.3) is 0 Å². The zero-order valence-corrected chi connectivity index (χ0v) is 11.6. The van der Waals surface area contributed by atoms with Crippen molar-refractivity contribution in [3.05, 3.63) is 58.4 Å². The van der Waals surface area contributed by atoms with E-state index in [1.807, 2.05) is 18.2 Å². The molecule has 0 fully saturated rings. The van der Waals surface area contributed by atoms with Gasteiger partial charge in [0.15, 0.2) is 0 Å². The molecule has 0 bridgehead atoms. The summed E-state index contributed by atoms with van der Waals surface area (Å²) in [6.07, 6.45) is 8.22. The summed E-state index contributed by atoms with van der Waals surface area (Å²) in [5.41, 5.74) is 3.60. The predicted molar refractivity (Wildman–Crippen MR) is 77.5 cm³/mol. The summed E-state index contributed by atoms with van der Waals surface area (Å²) in [7, 11) is 0. The molecule has 1 aromatic heterocycles. The summed E-state index contributed by atoms with van der Waals surface area (Å²) in [6, 6.07) is 7.93. The number of aliphatic hydroxyl groups is 1. The van der Waals surface area contributed by atoms with Crippen LogP contribution in [0, 0.1) is 0 Å². The first kappa shape index (κ1) is 12.8. The van der Waals surface area contributed by atoms with Crippen molar-refractivity contribution in [2.24, 2.45) is 0 Å². The second-order valence-corrected chi connectivity index (χ2v) is 5.74. The van der Waals surface area contributed by atoms with Crippen molar-refractivity contribution in [3.8, 4) is 0 Å². The van der Waals surface area contributed by atoms with Crippen LogP contribution in [0.5, 0.6) is 0 Å². The number of benzene rings is 1. The minimum Gasteiger partial charge on any atom is -0.388 e. The molecule has 1 aromatic carbocycles. The van der Waals surface area contributed by atoms with Gasteiger partial charge in [-0.05, 0) is 42.5 Å². The van der Waals surface area contributed by atoms with Gasteiger partial charge in [0.2, 0.25) is 0 Å². The Morgan fingerprint density at radius 3 is 3.00 bits per heavy atom. The number of rotatable bonds is 2. The van der Waals surface area contributed by atoms with E-state index in [0.29, 0.717) is 0 Å². The molecule has 1 unspecified atom stereocenters. The molecule has 1 atom stereocenters. The topological polar surface area (TPSA) is 25.2 Å². The molecule has 0 aliphatic heterocycles. The third-order valence-corrected chi connectivity index (χ3v) is 4.02. The molecule has 3 rings (SSSR count). The van der Waals surface area contributed by atoms with Gasteiger partial charge in [-0.3, -0.25) is 0 Å². The SMILES string of the molecule is OC1CCCCc2cn(Cc3cccc(Cl)c3)cc21. The molecular weight excluding hydrogens is 258 g/mol. The van der Waals surface area contributed by atoms with Crippen molar-refractivity contribution >= 4 is 11.6 Å². The number of aliphatic hydroxyl groups excluding tert-OH is 1. The van der Waals surface area contributed by atoms with Gasteiger partial charge >= 0.3 is 0 Å². The van der Waals surface area contributed by atoms with Crippen molar-refractivity contribution in [1.82, 2.24) is 4.57 Å². The Kier molecular flexibility index (Phi) is 3.63. The number of hydrogen-bond acceptors (Lipinski definition) is 1. The standard InChI is InChI=1S/C16H18ClNO/c17-14-6-3-4-12(8-14)9-18-10-13-5-1-2-7-16(19)15(13)11-18/h3-4,6,8,10-11,16,19H,1-2,5,7,9H2. The predicted octanol–water partition coefficient (Wildman–Crippen LogP) is 3.95. The summed E-state index contributed by atoms with van der Waals surface area (Å²) in [4.78, 5) is 0. The zero-order valence-electron chi connectivity index (χ0n) is 10.8. The van der Waals surface area contributed by atoms with E-state index in [-0.39, 0.29) is 6.10 Å². The monoisotopic (exact) mass is 275 g/mol. The van der Waals surface area contributed by atoms with Crippen LogP contribution >= 0.6 is 11.6 Å². The Balaban J connectivity index is 1.85. The first-order valence-electron chi connectivity index (χ1n) is 6.83. The van der Waals surface area contributed by atoms with Crippen LogP contribution in [0.1, 0.15) is 42.1 Å². The van der Waals surface area contributed by atoms with Gasteiger partial charge in [0.1, 0.15) is 0 Å². The molecule has 1 aliphatic carbocycles. The average molecular weight is 276 g/mol. The maximum atomic E-state index is 10.1. The van der Waals surface area contributed by atoms with Crippen molar-refractivity contribution < 1.29 is 5.11 Å². The minimum absolute atomic E-state index is 0.293. The third kappa shape index (κ3) is 2.85. The van der Waals surface area contributed by atoms with Gasteiger partial charge in [0, 0.05) is 29.5 Å². The molecule has 0 amide bonds. The molecule has 1 heterocycles.